The van der Waals surface area contributed by atoms with E-state index in [-0.39, 0.29) is 5.75 Å². The van der Waals surface area contributed by atoms with Crippen LogP contribution in [0.3, 0.4) is 0 Å². The molecule has 0 saturated carbocycles. The zero-order valence-corrected chi connectivity index (χ0v) is 12.9. The molecule has 0 spiro atoms. The van der Waals surface area contributed by atoms with Crippen LogP contribution < -0.4 is 10.0 Å². The summed E-state index contributed by atoms with van der Waals surface area (Å²) in [7, 11) is -3.15. The van der Waals surface area contributed by atoms with Crippen molar-refractivity contribution < 1.29 is 8.42 Å². The van der Waals surface area contributed by atoms with Crippen molar-refractivity contribution in [3.63, 3.8) is 0 Å². The number of hydrogen-bond donors (Lipinski definition) is 2. The monoisotopic (exact) mass is 309 g/mol. The second kappa shape index (κ2) is 6.68. The van der Waals surface area contributed by atoms with Gasteiger partial charge in [-0.25, -0.2) is 23.1 Å². The van der Waals surface area contributed by atoms with Gasteiger partial charge in [0, 0.05) is 31.5 Å². The fraction of sp³-hybridized carbons (Fsp3) is 0.385. The third kappa shape index (κ3) is 4.54. The normalized spacial score (nSPS) is 11.5. The maximum Gasteiger partial charge on any atom is 0.211 e. The molecular formula is C13H19N5O2S. The van der Waals surface area contributed by atoms with Gasteiger partial charge in [0.25, 0.3) is 0 Å². The van der Waals surface area contributed by atoms with Gasteiger partial charge in [0.05, 0.1) is 5.75 Å². The van der Waals surface area contributed by atoms with Gasteiger partial charge in [-0.2, -0.15) is 0 Å². The average molecular weight is 309 g/mol. The molecule has 0 saturated heterocycles. The molecule has 2 heterocycles. The average Bonchev–Trinajstić information content (AvgIpc) is 2.97. The van der Waals surface area contributed by atoms with E-state index in [1.165, 1.54) is 0 Å². The van der Waals surface area contributed by atoms with Crippen molar-refractivity contribution in [2.45, 2.75) is 13.8 Å². The lowest BCUT2D eigenvalue weighted by molar-refractivity contribution is 0.584. The molecule has 0 fully saturated rings. The Hall–Kier alpha value is -1.93. The predicted molar refractivity (Wildman–Crippen MR) is 82.0 cm³/mol. The summed E-state index contributed by atoms with van der Waals surface area (Å²) in [5, 5.41) is 3.09. The van der Waals surface area contributed by atoms with Gasteiger partial charge in [0.2, 0.25) is 10.0 Å². The van der Waals surface area contributed by atoms with E-state index in [2.05, 4.69) is 20.0 Å². The zero-order chi connectivity index (χ0) is 15.3. The third-order valence-electron chi connectivity index (χ3n) is 2.83. The first kappa shape index (κ1) is 15.5. The highest BCUT2D eigenvalue weighted by Gasteiger charge is 2.06. The van der Waals surface area contributed by atoms with E-state index < -0.39 is 10.0 Å². The Labute approximate surface area is 124 Å². The lowest BCUT2D eigenvalue weighted by Gasteiger charge is -2.09. The van der Waals surface area contributed by atoms with Crippen LogP contribution in [0.1, 0.15) is 12.7 Å². The highest BCUT2D eigenvalue weighted by atomic mass is 32.2. The first-order chi connectivity index (χ1) is 10.00. The Morgan fingerprint density at radius 2 is 1.90 bits per heavy atom. The summed E-state index contributed by atoms with van der Waals surface area (Å²) in [6, 6.07) is 5.66. The van der Waals surface area contributed by atoms with Crippen LogP contribution in [-0.2, 0) is 10.0 Å². The Bertz CT molecular complexity index is 683. The summed E-state index contributed by atoms with van der Waals surface area (Å²) in [5.41, 5.74) is 0. The van der Waals surface area contributed by atoms with E-state index in [9.17, 15) is 8.42 Å². The van der Waals surface area contributed by atoms with Gasteiger partial charge in [-0.15, -0.1) is 0 Å². The van der Waals surface area contributed by atoms with Crippen molar-refractivity contribution in [2.75, 3.05) is 24.2 Å². The first-order valence-electron chi connectivity index (χ1n) is 6.70. The van der Waals surface area contributed by atoms with Crippen LogP contribution in [0.25, 0.3) is 5.82 Å². The number of aromatic nitrogens is 3. The van der Waals surface area contributed by atoms with Crippen LogP contribution in [-0.4, -0.2) is 41.8 Å². The van der Waals surface area contributed by atoms with E-state index >= 15 is 0 Å². The number of rotatable bonds is 7. The smallest absolute Gasteiger partial charge is 0.211 e. The molecule has 0 unspecified atom stereocenters. The summed E-state index contributed by atoms with van der Waals surface area (Å²) in [5.74, 6) is 2.17. The van der Waals surface area contributed by atoms with Crippen LogP contribution in [0.2, 0.25) is 0 Å². The van der Waals surface area contributed by atoms with Crippen LogP contribution >= 0.6 is 0 Å². The molecule has 2 rings (SSSR count). The van der Waals surface area contributed by atoms with Crippen LogP contribution in [0, 0.1) is 6.92 Å². The third-order valence-corrected chi connectivity index (χ3v) is 4.23. The molecule has 2 aromatic heterocycles. The van der Waals surface area contributed by atoms with Gasteiger partial charge in [0.1, 0.15) is 17.5 Å². The number of aryl methyl sites for hydroxylation is 1. The molecule has 7 nitrogen and oxygen atoms in total. The van der Waals surface area contributed by atoms with Crippen LogP contribution in [0.5, 0.6) is 0 Å². The molecule has 114 valence electrons. The molecule has 0 radical (unpaired) electrons. The Balaban J connectivity index is 1.98. The Kier molecular flexibility index (Phi) is 4.92. The molecule has 0 atom stereocenters. The highest BCUT2D eigenvalue weighted by Crippen LogP contribution is 2.10. The van der Waals surface area contributed by atoms with E-state index in [0.717, 1.165) is 5.82 Å². The Morgan fingerprint density at radius 3 is 2.57 bits per heavy atom. The summed E-state index contributed by atoms with van der Waals surface area (Å²) in [4.78, 5) is 8.64. The van der Waals surface area contributed by atoms with Crippen molar-refractivity contribution in [1.82, 2.24) is 19.3 Å². The summed E-state index contributed by atoms with van der Waals surface area (Å²) in [6.45, 7) is 4.20. The largest absolute Gasteiger partial charge is 0.369 e. The Morgan fingerprint density at radius 1 is 1.19 bits per heavy atom. The molecule has 8 heteroatoms. The van der Waals surface area contributed by atoms with Crippen LogP contribution in [0.15, 0.2) is 30.6 Å². The molecule has 2 N–H and O–H groups in total. The van der Waals surface area contributed by atoms with Gasteiger partial charge < -0.3 is 9.88 Å². The molecule has 0 aliphatic heterocycles. The summed E-state index contributed by atoms with van der Waals surface area (Å²) >= 11 is 0. The summed E-state index contributed by atoms with van der Waals surface area (Å²) < 4.78 is 27.0. The van der Waals surface area contributed by atoms with Crippen molar-refractivity contribution in [3.05, 3.63) is 36.4 Å². The molecule has 0 aliphatic rings. The van der Waals surface area contributed by atoms with Gasteiger partial charge in [-0.3, -0.25) is 0 Å². The minimum atomic E-state index is -3.15. The van der Waals surface area contributed by atoms with E-state index in [1.807, 2.05) is 42.1 Å². The van der Waals surface area contributed by atoms with E-state index in [0.29, 0.717) is 24.7 Å². The topological polar surface area (TPSA) is 88.9 Å². The number of sulfonamides is 1. The van der Waals surface area contributed by atoms with E-state index in [4.69, 9.17) is 0 Å². The molecule has 2 aromatic rings. The number of nitrogens with one attached hydrogen (secondary N) is 2. The fourth-order valence-corrected chi connectivity index (χ4v) is 2.38. The highest BCUT2D eigenvalue weighted by molar-refractivity contribution is 7.89. The van der Waals surface area contributed by atoms with Crippen molar-refractivity contribution >= 4 is 15.8 Å². The maximum atomic E-state index is 11.3. The van der Waals surface area contributed by atoms with Crippen molar-refractivity contribution in [3.8, 4) is 5.82 Å². The number of nitrogens with zero attached hydrogens (tertiary/aromatic N) is 3. The van der Waals surface area contributed by atoms with Gasteiger partial charge >= 0.3 is 0 Å². The van der Waals surface area contributed by atoms with Gasteiger partial charge in [-0.05, 0) is 26.0 Å². The minimum absolute atomic E-state index is 0.0807. The van der Waals surface area contributed by atoms with Crippen molar-refractivity contribution in [1.29, 1.82) is 0 Å². The van der Waals surface area contributed by atoms with Gasteiger partial charge in [0.15, 0.2) is 0 Å². The molecule has 0 aliphatic carbocycles. The van der Waals surface area contributed by atoms with Gasteiger partial charge in [-0.1, -0.05) is 0 Å². The van der Waals surface area contributed by atoms with Crippen molar-refractivity contribution in [2.24, 2.45) is 0 Å². The maximum absolute atomic E-state index is 11.3. The SMILES string of the molecule is CCS(=O)(=O)NCCNc1cc(-n2cccc2)nc(C)n1. The zero-order valence-electron chi connectivity index (χ0n) is 12.1. The quantitative estimate of drug-likeness (QED) is 0.743. The molecule has 0 bridgehead atoms. The number of hydrogen-bond acceptors (Lipinski definition) is 5. The van der Waals surface area contributed by atoms with Crippen LogP contribution in [0.4, 0.5) is 5.82 Å². The predicted octanol–water partition coefficient (Wildman–Crippen LogP) is 0.927. The number of anilines is 1. The molecule has 0 aromatic carbocycles. The molecule has 0 amide bonds. The lowest BCUT2D eigenvalue weighted by atomic mass is 10.4. The first-order valence-corrected chi connectivity index (χ1v) is 8.35. The standard InChI is InChI=1S/C13H19N5O2S/c1-3-21(19,20)15-7-6-14-12-10-13(17-11(2)16-12)18-8-4-5-9-18/h4-5,8-10,15H,3,6-7H2,1-2H3,(H,14,16,17). The summed E-state index contributed by atoms with van der Waals surface area (Å²) in [6.07, 6.45) is 3.81. The second-order valence-electron chi connectivity index (χ2n) is 4.47. The minimum Gasteiger partial charge on any atom is -0.369 e. The molecule has 21 heavy (non-hydrogen) atoms. The van der Waals surface area contributed by atoms with E-state index in [1.54, 1.807) is 6.92 Å². The lowest BCUT2D eigenvalue weighted by Crippen LogP contribution is -2.30. The molecular weight excluding hydrogens is 290 g/mol. The second-order valence-corrected chi connectivity index (χ2v) is 6.57. The fourth-order valence-electron chi connectivity index (χ4n) is 1.76.